The number of benzene rings is 1. The molecule has 3 atom stereocenters. The molecule has 0 saturated carbocycles. The molecule has 0 aromatic heterocycles. The minimum atomic E-state index is 0.489. The first kappa shape index (κ1) is 14.9. The minimum Gasteiger partial charge on any atom is -0.497 e. The highest BCUT2D eigenvalue weighted by atomic mass is 16.5. The SMILES string of the molecule is CCC1CN2CCCC2CN1C(C)c1ccc(OC)cc1. The third-order valence-corrected chi connectivity index (χ3v) is 5.40. The molecular weight excluding hydrogens is 260 g/mol. The van der Waals surface area contributed by atoms with E-state index in [9.17, 15) is 0 Å². The van der Waals surface area contributed by atoms with Crippen LogP contribution in [0.4, 0.5) is 0 Å². The molecule has 1 aromatic rings. The van der Waals surface area contributed by atoms with Gasteiger partial charge in [0, 0.05) is 31.2 Å². The van der Waals surface area contributed by atoms with E-state index in [1.165, 1.54) is 44.5 Å². The van der Waals surface area contributed by atoms with Gasteiger partial charge in [-0.05, 0) is 50.4 Å². The molecule has 2 heterocycles. The zero-order valence-electron chi connectivity index (χ0n) is 13.6. The van der Waals surface area contributed by atoms with Gasteiger partial charge in [-0.3, -0.25) is 9.80 Å². The zero-order valence-corrected chi connectivity index (χ0v) is 13.6. The second-order valence-corrected chi connectivity index (χ2v) is 6.50. The number of fused-ring (bicyclic) bond motifs is 1. The van der Waals surface area contributed by atoms with E-state index in [2.05, 4.69) is 47.9 Å². The highest BCUT2D eigenvalue weighted by molar-refractivity contribution is 5.29. The first-order chi connectivity index (χ1) is 10.2. The number of piperazine rings is 1. The average molecular weight is 288 g/mol. The lowest BCUT2D eigenvalue weighted by Crippen LogP contribution is -2.56. The van der Waals surface area contributed by atoms with Crippen molar-refractivity contribution in [1.29, 1.82) is 0 Å². The Labute approximate surface area is 128 Å². The van der Waals surface area contributed by atoms with Gasteiger partial charge in [0.1, 0.15) is 5.75 Å². The monoisotopic (exact) mass is 288 g/mol. The molecule has 3 nitrogen and oxygen atoms in total. The lowest BCUT2D eigenvalue weighted by Gasteiger charge is -2.46. The van der Waals surface area contributed by atoms with Gasteiger partial charge in [0.05, 0.1) is 7.11 Å². The summed E-state index contributed by atoms with van der Waals surface area (Å²) in [4.78, 5) is 5.44. The molecule has 116 valence electrons. The van der Waals surface area contributed by atoms with Crippen molar-refractivity contribution in [1.82, 2.24) is 9.80 Å². The molecule has 3 unspecified atom stereocenters. The van der Waals surface area contributed by atoms with Crippen LogP contribution >= 0.6 is 0 Å². The number of nitrogens with zero attached hydrogens (tertiary/aromatic N) is 2. The topological polar surface area (TPSA) is 15.7 Å². The Morgan fingerprint density at radius 1 is 1.24 bits per heavy atom. The summed E-state index contributed by atoms with van der Waals surface area (Å²) in [6.45, 7) is 8.48. The predicted molar refractivity (Wildman–Crippen MR) is 86.8 cm³/mol. The van der Waals surface area contributed by atoms with E-state index >= 15 is 0 Å². The summed E-state index contributed by atoms with van der Waals surface area (Å²) >= 11 is 0. The van der Waals surface area contributed by atoms with E-state index in [-0.39, 0.29) is 0 Å². The van der Waals surface area contributed by atoms with Crippen molar-refractivity contribution in [3.63, 3.8) is 0 Å². The quantitative estimate of drug-likeness (QED) is 0.845. The normalized spacial score (nSPS) is 28.3. The molecule has 0 aliphatic carbocycles. The Balaban J connectivity index is 1.75. The van der Waals surface area contributed by atoms with Crippen LogP contribution in [-0.4, -0.2) is 48.6 Å². The van der Waals surface area contributed by atoms with Gasteiger partial charge in [0.25, 0.3) is 0 Å². The second-order valence-electron chi connectivity index (χ2n) is 6.50. The van der Waals surface area contributed by atoms with E-state index in [4.69, 9.17) is 4.74 Å². The Kier molecular flexibility index (Phi) is 4.51. The number of rotatable bonds is 4. The summed E-state index contributed by atoms with van der Waals surface area (Å²) in [7, 11) is 1.73. The molecule has 3 rings (SSSR count). The van der Waals surface area contributed by atoms with Crippen LogP contribution in [0.3, 0.4) is 0 Å². The van der Waals surface area contributed by atoms with Crippen LogP contribution in [0.5, 0.6) is 5.75 Å². The predicted octanol–water partition coefficient (Wildman–Crippen LogP) is 3.31. The molecule has 21 heavy (non-hydrogen) atoms. The van der Waals surface area contributed by atoms with Gasteiger partial charge >= 0.3 is 0 Å². The van der Waals surface area contributed by atoms with E-state index in [1.54, 1.807) is 7.11 Å². The van der Waals surface area contributed by atoms with E-state index in [1.807, 2.05) is 0 Å². The van der Waals surface area contributed by atoms with Gasteiger partial charge in [0.15, 0.2) is 0 Å². The fraction of sp³-hybridized carbons (Fsp3) is 0.667. The molecule has 0 bridgehead atoms. The van der Waals surface area contributed by atoms with E-state index in [0.717, 1.165) is 11.8 Å². The molecular formula is C18H28N2O. The Bertz CT molecular complexity index is 459. The molecule has 0 N–H and O–H groups in total. The molecule has 3 heteroatoms. The van der Waals surface area contributed by atoms with Crippen molar-refractivity contribution in [2.75, 3.05) is 26.7 Å². The molecule has 2 aliphatic heterocycles. The van der Waals surface area contributed by atoms with E-state index in [0.29, 0.717) is 12.1 Å². The third-order valence-electron chi connectivity index (χ3n) is 5.40. The zero-order chi connectivity index (χ0) is 14.8. The van der Waals surface area contributed by atoms with Crippen LogP contribution in [0, 0.1) is 0 Å². The molecule has 0 amide bonds. The fourth-order valence-electron chi connectivity index (χ4n) is 4.02. The van der Waals surface area contributed by atoms with Crippen molar-refractivity contribution in [3.8, 4) is 5.75 Å². The average Bonchev–Trinajstić information content (AvgIpc) is 3.00. The first-order valence-electron chi connectivity index (χ1n) is 8.36. The van der Waals surface area contributed by atoms with Gasteiger partial charge in [-0.15, -0.1) is 0 Å². The van der Waals surface area contributed by atoms with Crippen LogP contribution in [0.15, 0.2) is 24.3 Å². The summed E-state index contributed by atoms with van der Waals surface area (Å²) in [5.41, 5.74) is 1.40. The van der Waals surface area contributed by atoms with Crippen LogP contribution in [0.2, 0.25) is 0 Å². The standard InChI is InChI=1S/C18H28N2O/c1-4-16-12-19-11-5-6-17(19)13-20(16)14(2)15-7-9-18(21-3)10-8-15/h7-10,14,16-17H,4-6,11-13H2,1-3H3. The molecule has 0 radical (unpaired) electrons. The Hall–Kier alpha value is -1.06. The highest BCUT2D eigenvalue weighted by Crippen LogP contribution is 2.32. The van der Waals surface area contributed by atoms with Gasteiger partial charge in [-0.25, -0.2) is 0 Å². The van der Waals surface area contributed by atoms with Gasteiger partial charge in [-0.1, -0.05) is 19.1 Å². The maximum absolute atomic E-state index is 5.27. The summed E-state index contributed by atoms with van der Waals surface area (Å²) in [5.74, 6) is 0.943. The third kappa shape index (κ3) is 2.95. The number of hydrogen-bond donors (Lipinski definition) is 0. The number of methoxy groups -OCH3 is 1. The highest BCUT2D eigenvalue weighted by Gasteiger charge is 2.37. The lowest BCUT2D eigenvalue weighted by molar-refractivity contribution is 0.0227. The fourth-order valence-corrected chi connectivity index (χ4v) is 4.02. The van der Waals surface area contributed by atoms with Gasteiger partial charge < -0.3 is 4.74 Å². The maximum atomic E-state index is 5.27. The van der Waals surface area contributed by atoms with Crippen LogP contribution in [0.25, 0.3) is 0 Å². The van der Waals surface area contributed by atoms with Crippen LogP contribution < -0.4 is 4.74 Å². The maximum Gasteiger partial charge on any atom is 0.118 e. The molecule has 2 aliphatic rings. The summed E-state index contributed by atoms with van der Waals surface area (Å²) in [6, 6.07) is 10.6. The molecule has 2 fully saturated rings. The Morgan fingerprint density at radius 2 is 2.00 bits per heavy atom. The number of hydrogen-bond acceptors (Lipinski definition) is 3. The van der Waals surface area contributed by atoms with Crippen molar-refractivity contribution in [2.45, 2.75) is 51.2 Å². The van der Waals surface area contributed by atoms with Gasteiger partial charge in [0.2, 0.25) is 0 Å². The summed E-state index contributed by atoms with van der Waals surface area (Å²) < 4.78 is 5.27. The molecule has 1 aromatic carbocycles. The number of ether oxygens (including phenoxy) is 1. The van der Waals surface area contributed by atoms with Crippen LogP contribution in [0.1, 0.15) is 44.7 Å². The van der Waals surface area contributed by atoms with Crippen molar-refractivity contribution < 1.29 is 4.74 Å². The molecule has 2 saturated heterocycles. The lowest BCUT2D eigenvalue weighted by atomic mass is 9.98. The Morgan fingerprint density at radius 3 is 2.67 bits per heavy atom. The van der Waals surface area contributed by atoms with Crippen molar-refractivity contribution >= 4 is 0 Å². The van der Waals surface area contributed by atoms with Crippen molar-refractivity contribution in [3.05, 3.63) is 29.8 Å². The largest absolute Gasteiger partial charge is 0.497 e. The first-order valence-corrected chi connectivity index (χ1v) is 8.36. The van der Waals surface area contributed by atoms with E-state index < -0.39 is 0 Å². The summed E-state index contributed by atoms with van der Waals surface area (Å²) in [5, 5.41) is 0. The van der Waals surface area contributed by atoms with Crippen molar-refractivity contribution in [2.24, 2.45) is 0 Å². The minimum absolute atomic E-state index is 0.489. The summed E-state index contributed by atoms with van der Waals surface area (Å²) in [6.07, 6.45) is 4.00. The molecule has 0 spiro atoms. The smallest absolute Gasteiger partial charge is 0.118 e. The second kappa shape index (κ2) is 6.37. The van der Waals surface area contributed by atoms with Crippen LogP contribution in [-0.2, 0) is 0 Å². The van der Waals surface area contributed by atoms with Gasteiger partial charge in [-0.2, -0.15) is 0 Å².